The molecule has 1 aromatic carbocycles. The Hall–Kier alpha value is -2.50. The van der Waals surface area contributed by atoms with E-state index in [0.29, 0.717) is 6.10 Å². The highest BCUT2D eigenvalue weighted by Gasteiger charge is 2.22. The molecule has 0 aliphatic carbocycles. The largest absolute Gasteiger partial charge is 0.377 e. The molecule has 0 radical (unpaired) electrons. The average molecular weight is 377 g/mol. The Morgan fingerprint density at radius 3 is 2.61 bits per heavy atom. The minimum atomic E-state index is 0.313. The van der Waals surface area contributed by atoms with Crippen molar-refractivity contribution >= 4 is 0 Å². The van der Waals surface area contributed by atoms with Gasteiger partial charge in [-0.2, -0.15) is 5.10 Å². The third-order valence-corrected chi connectivity index (χ3v) is 5.42. The van der Waals surface area contributed by atoms with E-state index in [1.807, 2.05) is 18.3 Å². The summed E-state index contributed by atoms with van der Waals surface area (Å²) in [5.41, 5.74) is 5.76. The van der Waals surface area contributed by atoms with Crippen molar-refractivity contribution in [2.24, 2.45) is 0 Å². The van der Waals surface area contributed by atoms with E-state index < -0.39 is 0 Å². The minimum absolute atomic E-state index is 0.313. The molecule has 5 nitrogen and oxygen atoms in total. The van der Waals surface area contributed by atoms with Crippen LogP contribution in [0.4, 0.5) is 0 Å². The van der Waals surface area contributed by atoms with Crippen molar-refractivity contribution in [3.05, 3.63) is 77.4 Å². The molecule has 2 aromatic heterocycles. The Bertz CT molecular complexity index is 886. The van der Waals surface area contributed by atoms with Gasteiger partial charge in [-0.25, -0.2) is 4.68 Å². The second kappa shape index (κ2) is 8.67. The molecule has 1 unspecified atom stereocenters. The first-order valence-electron chi connectivity index (χ1n) is 10.0. The number of ether oxygens (including phenoxy) is 1. The van der Waals surface area contributed by atoms with Crippen molar-refractivity contribution in [3.8, 4) is 5.69 Å². The summed E-state index contributed by atoms with van der Waals surface area (Å²) in [4.78, 5) is 6.98. The Morgan fingerprint density at radius 1 is 1.07 bits per heavy atom. The SMILES string of the molecule is Cc1nn(-c2ccccc2)c(C)c1CN(Cc1ccccn1)CC1CCCO1. The maximum absolute atomic E-state index is 5.91. The van der Waals surface area contributed by atoms with E-state index in [-0.39, 0.29) is 0 Å². The molecule has 1 atom stereocenters. The molecule has 5 heteroatoms. The third-order valence-electron chi connectivity index (χ3n) is 5.42. The molecule has 0 amide bonds. The van der Waals surface area contributed by atoms with Gasteiger partial charge < -0.3 is 4.74 Å². The van der Waals surface area contributed by atoms with Crippen LogP contribution in [0, 0.1) is 13.8 Å². The summed E-state index contributed by atoms with van der Waals surface area (Å²) in [5.74, 6) is 0. The van der Waals surface area contributed by atoms with Crippen LogP contribution in [0.5, 0.6) is 0 Å². The van der Waals surface area contributed by atoms with Crippen LogP contribution in [0.3, 0.4) is 0 Å². The van der Waals surface area contributed by atoms with Gasteiger partial charge in [0.1, 0.15) is 0 Å². The van der Waals surface area contributed by atoms with Gasteiger partial charge in [0.05, 0.1) is 23.2 Å². The van der Waals surface area contributed by atoms with Gasteiger partial charge in [-0.3, -0.25) is 9.88 Å². The lowest BCUT2D eigenvalue weighted by atomic mass is 10.1. The van der Waals surface area contributed by atoms with E-state index in [0.717, 1.165) is 56.2 Å². The first-order valence-corrected chi connectivity index (χ1v) is 10.0. The predicted octanol–water partition coefficient (Wildman–Crippen LogP) is 4.07. The number of hydrogen-bond donors (Lipinski definition) is 0. The fourth-order valence-electron chi connectivity index (χ4n) is 3.93. The lowest BCUT2D eigenvalue weighted by Gasteiger charge is -2.25. The number of pyridine rings is 1. The summed E-state index contributed by atoms with van der Waals surface area (Å²) >= 11 is 0. The summed E-state index contributed by atoms with van der Waals surface area (Å²) in [5, 5.41) is 4.82. The second-order valence-corrected chi connectivity index (χ2v) is 7.52. The molecule has 146 valence electrons. The number of aryl methyl sites for hydroxylation is 1. The van der Waals surface area contributed by atoms with Crippen LogP contribution in [0.25, 0.3) is 5.69 Å². The number of rotatable bonds is 7. The van der Waals surface area contributed by atoms with E-state index in [4.69, 9.17) is 9.84 Å². The number of aromatic nitrogens is 3. The highest BCUT2D eigenvalue weighted by atomic mass is 16.5. The molecule has 4 rings (SSSR count). The highest BCUT2D eigenvalue weighted by molar-refractivity contribution is 5.36. The number of benzene rings is 1. The summed E-state index contributed by atoms with van der Waals surface area (Å²) in [6.07, 6.45) is 4.48. The Labute approximate surface area is 167 Å². The molecule has 0 bridgehead atoms. The fraction of sp³-hybridized carbons (Fsp3) is 0.391. The topological polar surface area (TPSA) is 43.2 Å². The maximum Gasteiger partial charge on any atom is 0.0703 e. The molecule has 0 N–H and O–H groups in total. The van der Waals surface area contributed by atoms with E-state index in [9.17, 15) is 0 Å². The Morgan fingerprint density at radius 2 is 1.89 bits per heavy atom. The number of para-hydroxylation sites is 1. The quantitative estimate of drug-likeness (QED) is 0.624. The predicted molar refractivity (Wildman–Crippen MR) is 110 cm³/mol. The van der Waals surface area contributed by atoms with E-state index in [2.05, 4.69) is 64.8 Å². The lowest BCUT2D eigenvalue weighted by molar-refractivity contribution is 0.0673. The van der Waals surface area contributed by atoms with Crippen LogP contribution in [-0.2, 0) is 17.8 Å². The molecular weight excluding hydrogens is 348 g/mol. The second-order valence-electron chi connectivity index (χ2n) is 7.52. The zero-order valence-electron chi connectivity index (χ0n) is 16.7. The molecule has 0 saturated carbocycles. The molecule has 1 saturated heterocycles. The van der Waals surface area contributed by atoms with Gasteiger partial charge in [0.2, 0.25) is 0 Å². The summed E-state index contributed by atoms with van der Waals surface area (Å²) in [6.45, 7) is 7.73. The first-order chi connectivity index (χ1) is 13.7. The normalized spacial score (nSPS) is 16.8. The molecule has 1 fully saturated rings. The lowest BCUT2D eigenvalue weighted by Crippen LogP contribution is -2.32. The van der Waals surface area contributed by atoms with Crippen LogP contribution < -0.4 is 0 Å². The van der Waals surface area contributed by atoms with Gasteiger partial charge in [-0.15, -0.1) is 0 Å². The van der Waals surface area contributed by atoms with Crippen LogP contribution >= 0.6 is 0 Å². The minimum Gasteiger partial charge on any atom is -0.377 e. The van der Waals surface area contributed by atoms with E-state index in [1.165, 1.54) is 11.3 Å². The van der Waals surface area contributed by atoms with Crippen molar-refractivity contribution in [2.45, 2.75) is 45.9 Å². The van der Waals surface area contributed by atoms with Gasteiger partial charge in [-0.1, -0.05) is 24.3 Å². The van der Waals surface area contributed by atoms with Crippen LogP contribution in [0.15, 0.2) is 54.7 Å². The smallest absolute Gasteiger partial charge is 0.0703 e. The molecule has 1 aliphatic rings. The van der Waals surface area contributed by atoms with Crippen molar-refractivity contribution in [1.82, 2.24) is 19.7 Å². The van der Waals surface area contributed by atoms with Crippen LogP contribution in [-0.4, -0.2) is 38.9 Å². The standard InChI is InChI=1S/C23H28N4O/c1-18-23(19(2)27(25-18)21-10-4-3-5-11-21)17-26(16-22-12-8-14-28-22)15-20-9-6-7-13-24-20/h3-7,9-11,13,22H,8,12,14-17H2,1-2H3. The molecule has 3 heterocycles. The zero-order chi connectivity index (χ0) is 19.3. The van der Waals surface area contributed by atoms with Crippen LogP contribution in [0.2, 0.25) is 0 Å². The van der Waals surface area contributed by atoms with E-state index >= 15 is 0 Å². The highest BCUT2D eigenvalue weighted by Crippen LogP contribution is 2.22. The monoisotopic (exact) mass is 376 g/mol. The summed E-state index contributed by atoms with van der Waals surface area (Å²) in [6, 6.07) is 16.4. The van der Waals surface area contributed by atoms with Gasteiger partial charge >= 0.3 is 0 Å². The molecule has 1 aliphatic heterocycles. The molecule has 3 aromatic rings. The molecular formula is C23H28N4O. The fourth-order valence-corrected chi connectivity index (χ4v) is 3.93. The number of nitrogens with zero attached hydrogens (tertiary/aromatic N) is 4. The maximum atomic E-state index is 5.91. The number of hydrogen-bond acceptors (Lipinski definition) is 4. The average Bonchev–Trinajstić information content (AvgIpc) is 3.33. The van der Waals surface area contributed by atoms with Crippen molar-refractivity contribution < 1.29 is 4.74 Å². The third kappa shape index (κ3) is 4.32. The molecule has 28 heavy (non-hydrogen) atoms. The van der Waals surface area contributed by atoms with E-state index in [1.54, 1.807) is 0 Å². The van der Waals surface area contributed by atoms with Gasteiger partial charge in [0.25, 0.3) is 0 Å². The van der Waals surface area contributed by atoms with Crippen molar-refractivity contribution in [3.63, 3.8) is 0 Å². The van der Waals surface area contributed by atoms with Crippen LogP contribution in [0.1, 0.15) is 35.5 Å². The van der Waals surface area contributed by atoms with Gasteiger partial charge in [0.15, 0.2) is 0 Å². The summed E-state index contributed by atoms with van der Waals surface area (Å²) < 4.78 is 7.96. The van der Waals surface area contributed by atoms with Gasteiger partial charge in [0, 0.05) is 43.7 Å². The van der Waals surface area contributed by atoms with Crippen molar-refractivity contribution in [1.29, 1.82) is 0 Å². The zero-order valence-corrected chi connectivity index (χ0v) is 16.7. The Balaban J connectivity index is 1.58. The van der Waals surface area contributed by atoms with Crippen molar-refractivity contribution in [2.75, 3.05) is 13.2 Å². The first kappa shape index (κ1) is 18.8. The summed E-state index contributed by atoms with van der Waals surface area (Å²) in [7, 11) is 0. The molecule has 0 spiro atoms. The Kier molecular flexibility index (Phi) is 5.84. The van der Waals surface area contributed by atoms with Gasteiger partial charge in [-0.05, 0) is 51.0 Å².